The Hall–Kier alpha value is -3.56. The molecule has 0 radical (unpaired) electrons. The highest BCUT2D eigenvalue weighted by atomic mass is 35.5. The number of hydrogen-bond acceptors (Lipinski definition) is 3. The van der Waals surface area contributed by atoms with Crippen LogP contribution in [0.1, 0.15) is 51.7 Å². The standard InChI is InChI=1S/C33H30ClN3/c1-32(2)17-18-33(3,4)28-20-25(15-16-27(28)32)22-9-12-23(13-10-22)29-35-30(37-31(34)36-29)26-14-11-21-7-5-6-8-24(21)19-26/h5-16,19-20H,17-18H2,1-4H3. The fourth-order valence-electron chi connectivity index (χ4n) is 5.52. The maximum atomic E-state index is 6.35. The van der Waals surface area contributed by atoms with Crippen LogP contribution in [0.4, 0.5) is 0 Å². The van der Waals surface area contributed by atoms with Gasteiger partial charge in [0.25, 0.3) is 0 Å². The van der Waals surface area contributed by atoms with Crippen LogP contribution in [0.25, 0.3) is 44.7 Å². The Morgan fingerprint density at radius 3 is 1.84 bits per heavy atom. The van der Waals surface area contributed by atoms with E-state index in [2.05, 4.69) is 104 Å². The van der Waals surface area contributed by atoms with Gasteiger partial charge in [-0.1, -0.05) is 107 Å². The molecule has 0 aliphatic heterocycles. The lowest BCUT2D eigenvalue weighted by Crippen LogP contribution is -2.33. The van der Waals surface area contributed by atoms with Crippen LogP contribution in [-0.2, 0) is 10.8 Å². The molecule has 4 aromatic carbocycles. The van der Waals surface area contributed by atoms with E-state index < -0.39 is 0 Å². The van der Waals surface area contributed by atoms with Gasteiger partial charge >= 0.3 is 0 Å². The van der Waals surface area contributed by atoms with Crippen molar-refractivity contribution in [2.45, 2.75) is 51.4 Å². The predicted octanol–water partition coefficient (Wildman–Crippen LogP) is 9.03. The summed E-state index contributed by atoms with van der Waals surface area (Å²) >= 11 is 6.35. The molecule has 1 aliphatic rings. The lowest BCUT2D eigenvalue weighted by atomic mass is 9.63. The Labute approximate surface area is 223 Å². The van der Waals surface area contributed by atoms with Gasteiger partial charge in [-0.2, -0.15) is 9.97 Å². The SMILES string of the molecule is CC1(C)CCC(C)(C)c2cc(-c3ccc(-c4nc(Cl)nc(-c5ccc6ccccc6c5)n4)cc3)ccc21. The topological polar surface area (TPSA) is 38.7 Å². The summed E-state index contributed by atoms with van der Waals surface area (Å²) in [6, 6.07) is 29.9. The first kappa shape index (κ1) is 23.8. The van der Waals surface area contributed by atoms with Gasteiger partial charge in [0.05, 0.1) is 0 Å². The summed E-state index contributed by atoms with van der Waals surface area (Å²) in [5.41, 5.74) is 7.59. The molecule has 37 heavy (non-hydrogen) atoms. The molecule has 1 heterocycles. The molecule has 1 aromatic heterocycles. The van der Waals surface area contributed by atoms with Crippen LogP contribution in [-0.4, -0.2) is 15.0 Å². The van der Waals surface area contributed by atoms with Crippen LogP contribution in [0, 0.1) is 0 Å². The molecule has 0 saturated heterocycles. The van der Waals surface area contributed by atoms with Crippen molar-refractivity contribution in [1.82, 2.24) is 15.0 Å². The predicted molar refractivity (Wildman–Crippen MR) is 154 cm³/mol. The van der Waals surface area contributed by atoms with Crippen LogP contribution in [0.3, 0.4) is 0 Å². The van der Waals surface area contributed by atoms with Gasteiger partial charge in [-0.3, -0.25) is 0 Å². The van der Waals surface area contributed by atoms with Crippen molar-refractivity contribution in [3.8, 4) is 33.9 Å². The summed E-state index contributed by atoms with van der Waals surface area (Å²) in [5, 5.41) is 2.51. The normalized spacial score (nSPS) is 15.9. The van der Waals surface area contributed by atoms with Gasteiger partial charge in [-0.05, 0) is 74.4 Å². The van der Waals surface area contributed by atoms with Gasteiger partial charge in [-0.25, -0.2) is 4.98 Å². The summed E-state index contributed by atoms with van der Waals surface area (Å²) in [4.78, 5) is 13.6. The van der Waals surface area contributed by atoms with Crippen molar-refractivity contribution in [1.29, 1.82) is 0 Å². The third-order valence-corrected chi connectivity index (χ3v) is 8.11. The maximum Gasteiger partial charge on any atom is 0.226 e. The van der Waals surface area contributed by atoms with Crippen molar-refractivity contribution >= 4 is 22.4 Å². The zero-order chi connectivity index (χ0) is 25.8. The summed E-state index contributed by atoms with van der Waals surface area (Å²) in [5.74, 6) is 1.15. The first-order valence-electron chi connectivity index (χ1n) is 12.9. The summed E-state index contributed by atoms with van der Waals surface area (Å²) in [6.45, 7) is 9.46. The fourth-order valence-corrected chi connectivity index (χ4v) is 5.68. The highest BCUT2D eigenvalue weighted by Gasteiger charge is 2.36. The van der Waals surface area contributed by atoms with E-state index in [1.807, 2.05) is 18.2 Å². The van der Waals surface area contributed by atoms with Crippen LogP contribution in [0.2, 0.25) is 5.28 Å². The minimum Gasteiger partial charge on any atom is -0.208 e. The quantitative estimate of drug-likeness (QED) is 0.246. The Morgan fingerprint density at radius 2 is 1.11 bits per heavy atom. The van der Waals surface area contributed by atoms with Crippen molar-refractivity contribution in [3.63, 3.8) is 0 Å². The summed E-state index contributed by atoms with van der Waals surface area (Å²) in [6.07, 6.45) is 2.42. The number of hydrogen-bond donors (Lipinski definition) is 0. The molecular formula is C33H30ClN3. The van der Waals surface area contributed by atoms with Crippen molar-refractivity contribution in [2.24, 2.45) is 0 Å². The second-order valence-corrected chi connectivity index (χ2v) is 11.8. The van der Waals surface area contributed by atoms with Gasteiger partial charge in [0.15, 0.2) is 11.6 Å². The molecule has 5 aromatic rings. The van der Waals surface area contributed by atoms with E-state index in [4.69, 9.17) is 16.6 Å². The molecule has 0 amide bonds. The number of rotatable bonds is 3. The average molecular weight is 504 g/mol. The average Bonchev–Trinajstić information content (AvgIpc) is 2.90. The third-order valence-electron chi connectivity index (χ3n) is 7.95. The van der Waals surface area contributed by atoms with E-state index in [-0.39, 0.29) is 16.1 Å². The molecule has 0 N–H and O–H groups in total. The van der Waals surface area contributed by atoms with Gasteiger partial charge in [0.2, 0.25) is 5.28 Å². The number of aromatic nitrogens is 3. The molecule has 0 fully saturated rings. The molecule has 6 rings (SSSR count). The van der Waals surface area contributed by atoms with Crippen molar-refractivity contribution in [3.05, 3.63) is 101 Å². The molecule has 0 unspecified atom stereocenters. The van der Waals surface area contributed by atoms with Gasteiger partial charge in [0.1, 0.15) is 0 Å². The number of nitrogens with zero attached hydrogens (tertiary/aromatic N) is 3. The van der Waals surface area contributed by atoms with E-state index in [1.54, 1.807) is 0 Å². The Bertz CT molecular complexity index is 1630. The van der Waals surface area contributed by atoms with Crippen LogP contribution in [0.15, 0.2) is 84.9 Å². The Morgan fingerprint density at radius 1 is 0.541 bits per heavy atom. The maximum absolute atomic E-state index is 6.35. The second kappa shape index (κ2) is 8.78. The molecule has 184 valence electrons. The number of halogens is 1. The van der Waals surface area contributed by atoms with E-state index in [0.29, 0.717) is 11.6 Å². The lowest BCUT2D eigenvalue weighted by molar-refractivity contribution is 0.332. The largest absolute Gasteiger partial charge is 0.226 e. The summed E-state index contributed by atoms with van der Waals surface area (Å²) < 4.78 is 0. The van der Waals surface area contributed by atoms with E-state index in [9.17, 15) is 0 Å². The van der Waals surface area contributed by atoms with Crippen LogP contribution < -0.4 is 0 Å². The molecule has 0 atom stereocenters. The number of fused-ring (bicyclic) bond motifs is 2. The monoisotopic (exact) mass is 503 g/mol. The van der Waals surface area contributed by atoms with Gasteiger partial charge in [0, 0.05) is 11.1 Å². The molecule has 0 bridgehead atoms. The van der Waals surface area contributed by atoms with E-state index in [1.165, 1.54) is 40.5 Å². The minimum atomic E-state index is 0.182. The molecule has 0 saturated carbocycles. The Balaban J connectivity index is 1.34. The Kier molecular flexibility index (Phi) is 5.65. The fraction of sp³-hybridized carbons (Fsp3) is 0.242. The molecule has 4 heteroatoms. The highest BCUT2D eigenvalue weighted by Crippen LogP contribution is 2.46. The van der Waals surface area contributed by atoms with E-state index >= 15 is 0 Å². The highest BCUT2D eigenvalue weighted by molar-refractivity contribution is 6.28. The van der Waals surface area contributed by atoms with E-state index in [0.717, 1.165) is 16.5 Å². The molecule has 0 spiro atoms. The lowest BCUT2D eigenvalue weighted by Gasteiger charge is -2.42. The molecule has 1 aliphatic carbocycles. The third kappa shape index (κ3) is 4.42. The zero-order valence-electron chi connectivity index (χ0n) is 21.7. The van der Waals surface area contributed by atoms with Gasteiger partial charge < -0.3 is 0 Å². The number of benzene rings is 4. The summed E-state index contributed by atoms with van der Waals surface area (Å²) in [7, 11) is 0. The second-order valence-electron chi connectivity index (χ2n) is 11.4. The van der Waals surface area contributed by atoms with Crippen molar-refractivity contribution < 1.29 is 0 Å². The van der Waals surface area contributed by atoms with Crippen molar-refractivity contribution in [2.75, 3.05) is 0 Å². The minimum absolute atomic E-state index is 0.182. The first-order valence-corrected chi connectivity index (χ1v) is 13.2. The zero-order valence-corrected chi connectivity index (χ0v) is 22.5. The molecule has 3 nitrogen and oxygen atoms in total. The molecular weight excluding hydrogens is 474 g/mol. The smallest absolute Gasteiger partial charge is 0.208 e. The van der Waals surface area contributed by atoms with Crippen LogP contribution in [0.5, 0.6) is 0 Å². The van der Waals surface area contributed by atoms with Crippen LogP contribution >= 0.6 is 11.6 Å². The van der Waals surface area contributed by atoms with Gasteiger partial charge in [-0.15, -0.1) is 0 Å². The first-order chi connectivity index (χ1) is 17.7.